The van der Waals surface area contributed by atoms with Gasteiger partial charge in [0.15, 0.2) is 5.13 Å². The van der Waals surface area contributed by atoms with Crippen molar-refractivity contribution in [1.29, 1.82) is 0 Å². The van der Waals surface area contributed by atoms with Gasteiger partial charge in [0, 0.05) is 23.5 Å². The number of rotatable bonds is 8. The summed E-state index contributed by atoms with van der Waals surface area (Å²) in [5.74, 6) is -0.643. The molecule has 0 unspecified atom stereocenters. The van der Waals surface area contributed by atoms with Crippen molar-refractivity contribution in [2.45, 2.75) is 18.4 Å². The minimum Gasteiger partial charge on any atom is -0.406 e. The maximum absolute atomic E-state index is 12.7. The lowest BCUT2D eigenvalue weighted by Gasteiger charge is -2.11. The van der Waals surface area contributed by atoms with Crippen LogP contribution in [0.1, 0.15) is 21.5 Å². The average Bonchev–Trinajstić information content (AvgIpc) is 3.31. The number of aromatic nitrogens is 2. The van der Waals surface area contributed by atoms with E-state index in [2.05, 4.69) is 15.0 Å². The number of aryl methyl sites for hydroxylation is 1. The Kier molecular flexibility index (Phi) is 6.75. The van der Waals surface area contributed by atoms with Crippen molar-refractivity contribution in [2.24, 2.45) is 0 Å². The van der Waals surface area contributed by atoms with E-state index in [0.717, 1.165) is 27.2 Å². The van der Waals surface area contributed by atoms with Crippen LogP contribution in [0.4, 0.5) is 10.8 Å². The smallest absolute Gasteiger partial charge is 0.295 e. The number of carbonyl (C=O) groups is 1. The van der Waals surface area contributed by atoms with Crippen molar-refractivity contribution in [3.8, 4) is 0 Å². The summed E-state index contributed by atoms with van der Waals surface area (Å²) in [4.78, 5) is 34.9. The number of pyridine rings is 1. The molecule has 0 aliphatic heterocycles. The Morgan fingerprint density at radius 2 is 1.91 bits per heavy atom. The fourth-order valence-corrected chi connectivity index (χ4v) is 4.85. The first-order valence-electron chi connectivity index (χ1n) is 10.1. The summed E-state index contributed by atoms with van der Waals surface area (Å²) in [6.07, 6.45) is 2.93. The van der Waals surface area contributed by atoms with Gasteiger partial charge in [-0.2, -0.15) is 4.73 Å². The van der Waals surface area contributed by atoms with Gasteiger partial charge in [-0.1, -0.05) is 29.8 Å². The Balaban J connectivity index is 1.44. The lowest BCUT2D eigenvalue weighted by molar-refractivity contribution is 0.0863. The van der Waals surface area contributed by atoms with E-state index in [9.17, 15) is 18.0 Å². The normalized spacial score (nSPS) is 11.1. The van der Waals surface area contributed by atoms with Crippen molar-refractivity contribution in [3.05, 3.63) is 105 Å². The van der Waals surface area contributed by atoms with Gasteiger partial charge in [0.2, 0.25) is 0 Å². The second-order valence-electron chi connectivity index (χ2n) is 7.24. The minimum absolute atomic E-state index is 0.00677. The third kappa shape index (κ3) is 5.50. The van der Waals surface area contributed by atoms with Crippen LogP contribution in [-0.4, -0.2) is 24.0 Å². The number of nitrogens with one attached hydrogen (secondary N) is 2. The third-order valence-electron chi connectivity index (χ3n) is 4.69. The van der Waals surface area contributed by atoms with Crippen LogP contribution < -0.4 is 20.4 Å². The summed E-state index contributed by atoms with van der Waals surface area (Å²) in [5, 5.41) is 4.51. The number of benzene rings is 2. The zero-order valence-corrected chi connectivity index (χ0v) is 19.6. The monoisotopic (exact) mass is 496 g/mol. The lowest BCUT2D eigenvalue weighted by atomic mass is 10.1. The fourth-order valence-electron chi connectivity index (χ4n) is 3.06. The van der Waals surface area contributed by atoms with Crippen LogP contribution in [0.2, 0.25) is 0 Å². The van der Waals surface area contributed by atoms with E-state index in [0.29, 0.717) is 5.69 Å². The van der Waals surface area contributed by atoms with Crippen LogP contribution in [-0.2, 0) is 16.6 Å². The highest BCUT2D eigenvalue weighted by molar-refractivity contribution is 7.93. The molecule has 2 aromatic heterocycles. The molecule has 0 aliphatic rings. The maximum atomic E-state index is 12.7. The largest absolute Gasteiger partial charge is 0.406 e. The van der Waals surface area contributed by atoms with Crippen molar-refractivity contribution in [2.75, 3.05) is 10.0 Å². The number of anilines is 2. The number of amides is 1. The molecule has 0 atom stereocenters. The van der Waals surface area contributed by atoms with E-state index in [4.69, 9.17) is 4.84 Å². The summed E-state index contributed by atoms with van der Waals surface area (Å²) in [6, 6.07) is 16.2. The Hall–Kier alpha value is -3.96. The topological polar surface area (TPSA) is 119 Å². The van der Waals surface area contributed by atoms with Crippen molar-refractivity contribution in [3.63, 3.8) is 0 Å². The molecule has 4 aromatic rings. The molecule has 1 amide bonds. The summed E-state index contributed by atoms with van der Waals surface area (Å²) >= 11 is 1.16. The number of sulfonamides is 1. The minimum atomic E-state index is -3.81. The Morgan fingerprint density at radius 3 is 2.62 bits per heavy atom. The first kappa shape index (κ1) is 23.2. The van der Waals surface area contributed by atoms with Crippen LogP contribution in [0.25, 0.3) is 0 Å². The van der Waals surface area contributed by atoms with Crippen molar-refractivity contribution < 1.29 is 18.0 Å². The fraction of sp³-hybridized carbons (Fsp3) is 0.0870. The molecule has 0 spiro atoms. The summed E-state index contributed by atoms with van der Waals surface area (Å²) in [7, 11) is -3.81. The predicted octanol–water partition coefficient (Wildman–Crippen LogP) is 3.30. The van der Waals surface area contributed by atoms with E-state index in [1.165, 1.54) is 48.8 Å². The maximum Gasteiger partial charge on any atom is 0.295 e. The van der Waals surface area contributed by atoms with Gasteiger partial charge in [0.05, 0.1) is 4.90 Å². The first-order chi connectivity index (χ1) is 16.3. The molecule has 2 aromatic carbocycles. The molecular weight excluding hydrogens is 476 g/mol. The van der Waals surface area contributed by atoms with Gasteiger partial charge in [0.1, 0.15) is 12.2 Å². The first-order valence-corrected chi connectivity index (χ1v) is 12.4. The molecule has 0 radical (unpaired) electrons. The molecule has 0 fully saturated rings. The van der Waals surface area contributed by atoms with Gasteiger partial charge in [-0.3, -0.25) is 14.3 Å². The van der Waals surface area contributed by atoms with Crippen LogP contribution >= 0.6 is 11.3 Å². The van der Waals surface area contributed by atoms with E-state index < -0.39 is 21.5 Å². The van der Waals surface area contributed by atoms with E-state index in [-0.39, 0.29) is 22.2 Å². The van der Waals surface area contributed by atoms with Gasteiger partial charge in [0.25, 0.3) is 21.5 Å². The van der Waals surface area contributed by atoms with Gasteiger partial charge in [-0.15, -0.1) is 11.3 Å². The zero-order chi connectivity index (χ0) is 24.1. The van der Waals surface area contributed by atoms with Gasteiger partial charge in [-0.05, 0) is 48.9 Å². The molecule has 11 heteroatoms. The Morgan fingerprint density at radius 1 is 1.12 bits per heavy atom. The Bertz CT molecular complexity index is 1460. The van der Waals surface area contributed by atoms with Crippen molar-refractivity contribution in [1.82, 2.24) is 9.71 Å². The third-order valence-corrected chi connectivity index (χ3v) is 6.86. The number of nitrogens with zero attached hydrogens (tertiary/aromatic N) is 2. The number of hydrogen-bond donors (Lipinski definition) is 2. The van der Waals surface area contributed by atoms with Crippen LogP contribution in [0.15, 0.2) is 88.1 Å². The van der Waals surface area contributed by atoms with Crippen LogP contribution in [0.5, 0.6) is 0 Å². The molecule has 9 nitrogen and oxygen atoms in total. The highest BCUT2D eigenvalue weighted by Gasteiger charge is 2.17. The molecule has 0 aliphatic carbocycles. The molecule has 0 saturated carbocycles. The summed E-state index contributed by atoms with van der Waals surface area (Å²) in [6.45, 7) is 2.12. The van der Waals surface area contributed by atoms with Crippen LogP contribution in [0, 0.1) is 6.92 Å². The number of hydrogen-bond acceptors (Lipinski definition) is 7. The standard InChI is InChI=1S/C23H20N4O5S2/c1-16-4-2-5-17(14-16)15-32-27-12-3-6-20(22(27)29)21(28)25-18-7-9-19(10-8-18)34(30,31)26-23-24-11-13-33-23/h2-14H,15H2,1H3,(H,24,26)(H,25,28). The highest BCUT2D eigenvalue weighted by Crippen LogP contribution is 2.19. The number of carbonyl (C=O) groups excluding carboxylic acids is 1. The predicted molar refractivity (Wildman–Crippen MR) is 129 cm³/mol. The molecule has 0 saturated heterocycles. The van der Waals surface area contributed by atoms with Gasteiger partial charge < -0.3 is 10.2 Å². The van der Waals surface area contributed by atoms with E-state index in [1.807, 2.05) is 31.2 Å². The molecule has 174 valence electrons. The Labute approximate surface area is 199 Å². The highest BCUT2D eigenvalue weighted by atomic mass is 32.2. The molecule has 2 heterocycles. The second kappa shape index (κ2) is 9.89. The molecule has 34 heavy (non-hydrogen) atoms. The zero-order valence-electron chi connectivity index (χ0n) is 18.0. The number of thiazole rings is 1. The summed E-state index contributed by atoms with van der Waals surface area (Å²) < 4.78 is 28.2. The quantitative estimate of drug-likeness (QED) is 0.386. The van der Waals surface area contributed by atoms with E-state index in [1.54, 1.807) is 5.38 Å². The SMILES string of the molecule is Cc1cccc(COn2cccc(C(=O)Nc3ccc(S(=O)(=O)Nc4nccs4)cc3)c2=O)c1. The lowest BCUT2D eigenvalue weighted by Crippen LogP contribution is -2.32. The van der Waals surface area contributed by atoms with E-state index >= 15 is 0 Å². The summed E-state index contributed by atoms with van der Waals surface area (Å²) in [5.41, 5.74) is 1.56. The van der Waals surface area contributed by atoms with Gasteiger partial charge >= 0.3 is 0 Å². The average molecular weight is 497 g/mol. The van der Waals surface area contributed by atoms with Crippen LogP contribution in [0.3, 0.4) is 0 Å². The molecular formula is C23H20N4O5S2. The second-order valence-corrected chi connectivity index (χ2v) is 9.81. The molecule has 2 N–H and O–H groups in total. The molecule has 4 rings (SSSR count). The van der Waals surface area contributed by atoms with Crippen molar-refractivity contribution >= 4 is 38.1 Å². The molecule has 0 bridgehead atoms. The van der Waals surface area contributed by atoms with Gasteiger partial charge in [-0.25, -0.2) is 13.4 Å².